The number of carbonyl (C=O) groups excluding carboxylic acids is 2. The lowest BCUT2D eigenvalue weighted by Crippen LogP contribution is -2.81. The Bertz CT molecular complexity index is 1130. The average Bonchev–Trinajstić information content (AvgIpc) is 3.36. The maximum Gasteiger partial charge on any atom is 0.344 e. The first-order valence-corrected chi connectivity index (χ1v) is 13.4. The van der Waals surface area contributed by atoms with E-state index < -0.39 is 40.5 Å². The van der Waals surface area contributed by atoms with Gasteiger partial charge >= 0.3 is 11.9 Å². The number of unbranched alkanes of at least 4 members (excludes halogenated alkanes) is 1. The van der Waals surface area contributed by atoms with Gasteiger partial charge in [-0.3, -0.25) is 9.69 Å². The molecule has 1 saturated heterocycles. The zero-order valence-electron chi connectivity index (χ0n) is 21.5. The van der Waals surface area contributed by atoms with E-state index in [9.17, 15) is 14.7 Å². The van der Waals surface area contributed by atoms with Crippen molar-refractivity contribution in [2.75, 3.05) is 39.3 Å². The quantitative estimate of drug-likeness (QED) is 0.417. The van der Waals surface area contributed by atoms with Gasteiger partial charge in [-0.1, -0.05) is 31.9 Å². The highest BCUT2D eigenvalue weighted by atomic mass is 79.9. The minimum absolute atomic E-state index is 0.0789. The van der Waals surface area contributed by atoms with Crippen molar-refractivity contribution in [1.82, 2.24) is 4.90 Å². The van der Waals surface area contributed by atoms with Crippen molar-refractivity contribution in [2.45, 2.75) is 68.7 Å². The van der Waals surface area contributed by atoms with E-state index >= 15 is 0 Å². The maximum absolute atomic E-state index is 13.7. The zero-order chi connectivity index (χ0) is 26.0. The van der Waals surface area contributed by atoms with Crippen LogP contribution in [0.15, 0.2) is 28.8 Å². The second-order valence-corrected chi connectivity index (χ2v) is 11.5. The van der Waals surface area contributed by atoms with Crippen molar-refractivity contribution in [3.05, 3.63) is 34.3 Å². The largest absolute Gasteiger partial charge is 0.495 e. The molecule has 5 rings (SSSR count). The van der Waals surface area contributed by atoms with Crippen molar-refractivity contribution in [3.8, 4) is 5.75 Å². The molecule has 0 aromatic heterocycles. The lowest BCUT2D eigenvalue weighted by atomic mass is 9.47. The monoisotopic (exact) mass is 562 g/mol. The number of aliphatic hydroxyl groups is 1. The Morgan fingerprint density at radius 1 is 1.25 bits per heavy atom. The van der Waals surface area contributed by atoms with E-state index in [1.54, 1.807) is 7.11 Å². The summed E-state index contributed by atoms with van der Waals surface area (Å²) in [4.78, 5) is 30.7. The highest BCUT2D eigenvalue weighted by Gasteiger charge is 2.80. The summed E-state index contributed by atoms with van der Waals surface area (Å²) in [6, 6.07) is 3.26. The molecule has 1 N–H and O–H groups in total. The van der Waals surface area contributed by atoms with Crippen LogP contribution < -0.4 is 9.64 Å². The number of nitrogens with zero attached hydrogens (tertiary/aromatic N) is 2. The number of halogens is 1. The van der Waals surface area contributed by atoms with Gasteiger partial charge in [0.1, 0.15) is 5.75 Å². The Labute approximate surface area is 220 Å². The number of likely N-dealkylation sites (N-methyl/N-ethyl adjacent to an activating group) is 1. The summed E-state index contributed by atoms with van der Waals surface area (Å²) in [6.45, 7) is 5.03. The maximum atomic E-state index is 13.7. The molecule has 1 spiro atoms. The van der Waals surface area contributed by atoms with Gasteiger partial charge in [0, 0.05) is 49.1 Å². The molecule has 2 fully saturated rings. The van der Waals surface area contributed by atoms with Gasteiger partial charge < -0.3 is 24.2 Å². The summed E-state index contributed by atoms with van der Waals surface area (Å²) < 4.78 is 17.7. The Kier molecular flexibility index (Phi) is 6.20. The second kappa shape index (κ2) is 8.74. The van der Waals surface area contributed by atoms with Crippen molar-refractivity contribution < 1.29 is 28.9 Å². The third kappa shape index (κ3) is 3.05. The van der Waals surface area contributed by atoms with Gasteiger partial charge in [-0.25, -0.2) is 4.79 Å². The molecule has 6 atom stereocenters. The van der Waals surface area contributed by atoms with Gasteiger partial charge in [0.15, 0.2) is 6.10 Å². The van der Waals surface area contributed by atoms with E-state index in [4.69, 9.17) is 14.2 Å². The average molecular weight is 563 g/mol. The Hall–Kier alpha value is -2.10. The standard InChI is InChI=1S/C27H35BrN2O6/c1-6-7-9-25-10-8-12-30-13-11-26(21(25)30)17-14-18(28)20(34-4)15-19(17)29(3)22(26)27(33,24(32)35-5)23(25)36-16(2)31/h8,10,14-15,21-23,33H,6-7,9,11-13H2,1-5H3. The molecule has 36 heavy (non-hydrogen) atoms. The normalized spacial score (nSPS) is 36.2. The van der Waals surface area contributed by atoms with Gasteiger partial charge in [-0.2, -0.15) is 0 Å². The first kappa shape index (κ1) is 25.5. The predicted molar refractivity (Wildman–Crippen MR) is 138 cm³/mol. The molecule has 9 heteroatoms. The van der Waals surface area contributed by atoms with E-state index in [0.29, 0.717) is 12.2 Å². The molecule has 6 unspecified atom stereocenters. The van der Waals surface area contributed by atoms with E-state index in [1.807, 2.05) is 18.0 Å². The van der Waals surface area contributed by atoms with E-state index in [1.165, 1.54) is 14.0 Å². The van der Waals surface area contributed by atoms with Crippen LogP contribution in [0.3, 0.4) is 0 Å². The fourth-order valence-electron chi connectivity index (χ4n) is 8.05. The van der Waals surface area contributed by atoms with Crippen molar-refractivity contribution in [3.63, 3.8) is 0 Å². The summed E-state index contributed by atoms with van der Waals surface area (Å²) in [5.74, 6) is -0.642. The van der Waals surface area contributed by atoms with Crippen LogP contribution in [0.5, 0.6) is 5.75 Å². The Morgan fingerprint density at radius 2 is 2.00 bits per heavy atom. The first-order chi connectivity index (χ1) is 17.1. The number of carbonyl (C=O) groups is 2. The van der Waals surface area contributed by atoms with Crippen LogP contribution in [-0.4, -0.2) is 80.1 Å². The Morgan fingerprint density at radius 3 is 2.64 bits per heavy atom. The molecule has 1 aromatic carbocycles. The van der Waals surface area contributed by atoms with Crippen LogP contribution >= 0.6 is 15.9 Å². The number of anilines is 1. The number of ether oxygens (including phenoxy) is 3. The number of rotatable bonds is 6. The minimum atomic E-state index is -2.10. The van der Waals surface area contributed by atoms with Gasteiger partial charge in [0.25, 0.3) is 0 Å². The van der Waals surface area contributed by atoms with E-state index in [2.05, 4.69) is 46.0 Å². The highest BCUT2D eigenvalue weighted by molar-refractivity contribution is 9.10. The highest BCUT2D eigenvalue weighted by Crippen LogP contribution is 2.68. The number of esters is 2. The van der Waals surface area contributed by atoms with Crippen LogP contribution in [0, 0.1) is 5.41 Å². The lowest BCUT2D eigenvalue weighted by Gasteiger charge is -2.63. The number of methoxy groups -OCH3 is 2. The van der Waals surface area contributed by atoms with Crippen LogP contribution in [0.2, 0.25) is 0 Å². The minimum Gasteiger partial charge on any atom is -0.495 e. The van der Waals surface area contributed by atoms with Crippen LogP contribution in [0.25, 0.3) is 0 Å². The SMILES string of the molecule is CCCCC12C=CCN3CCC4(c5cc(Br)c(OC)cc5N(C)C4C(O)(C(=O)OC)C1OC(C)=O)C32. The Balaban J connectivity index is 1.87. The molecule has 0 radical (unpaired) electrons. The summed E-state index contributed by atoms with van der Waals surface area (Å²) in [5, 5.41) is 12.7. The van der Waals surface area contributed by atoms with Gasteiger partial charge in [-0.05, 0) is 46.9 Å². The van der Waals surface area contributed by atoms with Crippen molar-refractivity contribution in [2.24, 2.45) is 5.41 Å². The number of fused-ring (bicyclic) bond motifs is 1. The molecule has 4 aliphatic rings. The predicted octanol–water partition coefficient (Wildman–Crippen LogP) is 3.18. The zero-order valence-corrected chi connectivity index (χ0v) is 23.1. The molecule has 0 bridgehead atoms. The molecule has 1 saturated carbocycles. The van der Waals surface area contributed by atoms with Crippen LogP contribution in [-0.2, 0) is 24.5 Å². The molecule has 196 valence electrons. The molecule has 3 aliphatic heterocycles. The molecule has 3 heterocycles. The number of benzene rings is 1. The van der Waals surface area contributed by atoms with Gasteiger partial charge in [-0.15, -0.1) is 0 Å². The van der Waals surface area contributed by atoms with E-state index in [0.717, 1.165) is 48.1 Å². The fourth-order valence-corrected chi connectivity index (χ4v) is 8.56. The molecule has 8 nitrogen and oxygen atoms in total. The third-order valence-corrected chi connectivity index (χ3v) is 9.65. The summed E-state index contributed by atoms with van der Waals surface area (Å²) in [5.41, 5.74) is -1.51. The first-order valence-electron chi connectivity index (χ1n) is 12.6. The fraction of sp³-hybridized carbons (Fsp3) is 0.630. The smallest absolute Gasteiger partial charge is 0.344 e. The molecule has 1 aromatic rings. The van der Waals surface area contributed by atoms with E-state index in [-0.39, 0.29) is 6.04 Å². The summed E-state index contributed by atoms with van der Waals surface area (Å²) in [6.07, 6.45) is 6.32. The topological polar surface area (TPSA) is 88.5 Å². The van der Waals surface area contributed by atoms with Crippen molar-refractivity contribution >= 4 is 33.6 Å². The van der Waals surface area contributed by atoms with Crippen LogP contribution in [0.1, 0.15) is 45.1 Å². The lowest BCUT2D eigenvalue weighted by molar-refractivity contribution is -0.229. The number of hydrogen-bond acceptors (Lipinski definition) is 8. The molecule has 0 amide bonds. The van der Waals surface area contributed by atoms with Gasteiger partial charge in [0.05, 0.1) is 24.7 Å². The van der Waals surface area contributed by atoms with Crippen molar-refractivity contribution in [1.29, 1.82) is 0 Å². The molecular weight excluding hydrogens is 528 g/mol. The summed E-state index contributed by atoms with van der Waals surface area (Å²) >= 11 is 3.68. The third-order valence-electron chi connectivity index (χ3n) is 9.03. The molecule has 1 aliphatic carbocycles. The number of hydrogen-bond donors (Lipinski definition) is 1. The summed E-state index contributed by atoms with van der Waals surface area (Å²) in [7, 11) is 4.79. The van der Waals surface area contributed by atoms with Gasteiger partial charge in [0.2, 0.25) is 5.60 Å². The molecular formula is C27H35BrN2O6. The second-order valence-electron chi connectivity index (χ2n) is 10.6. The van der Waals surface area contributed by atoms with Crippen LogP contribution in [0.4, 0.5) is 5.69 Å².